The second kappa shape index (κ2) is 9.76. The van der Waals surface area contributed by atoms with Crippen LogP contribution in [0.25, 0.3) is 22.4 Å². The minimum atomic E-state index is -4.69. The molecule has 196 valence electrons. The number of pyridine rings is 1. The minimum Gasteiger partial charge on any atom is -0.494 e. The number of hydrogen-bond donors (Lipinski definition) is 1. The molecule has 1 aliphatic heterocycles. The van der Waals surface area contributed by atoms with Crippen molar-refractivity contribution < 1.29 is 41.1 Å². The molecule has 1 saturated heterocycles. The first kappa shape index (κ1) is 26.0. The van der Waals surface area contributed by atoms with Crippen LogP contribution in [0.5, 0.6) is 5.75 Å². The fourth-order valence-electron chi connectivity index (χ4n) is 3.93. The Labute approximate surface area is 207 Å². The predicted molar refractivity (Wildman–Crippen MR) is 120 cm³/mol. The number of alkyl halides is 4. The fraction of sp³-hybridized carbons (Fsp3) is 0.348. The first-order chi connectivity index (χ1) is 17.5. The van der Waals surface area contributed by atoms with Crippen LogP contribution in [-0.4, -0.2) is 70.9 Å². The van der Waals surface area contributed by atoms with Crippen LogP contribution in [0.4, 0.5) is 17.6 Å². The molecule has 0 spiro atoms. The number of carbonyl (C=O) groups is 3. The smallest absolute Gasteiger partial charge is 0.433 e. The third kappa shape index (κ3) is 4.83. The summed E-state index contributed by atoms with van der Waals surface area (Å²) in [5.41, 5.74) is 4.67. The molecular weight excluding hydrogens is 502 g/mol. The van der Waals surface area contributed by atoms with Crippen molar-refractivity contribution >= 4 is 28.6 Å². The van der Waals surface area contributed by atoms with Crippen LogP contribution in [0, 0.1) is 0 Å². The molecule has 37 heavy (non-hydrogen) atoms. The summed E-state index contributed by atoms with van der Waals surface area (Å²) in [6.07, 6.45) is -4.69. The number of ether oxygens (including phenoxy) is 1. The zero-order valence-electron chi connectivity index (χ0n) is 19.6. The molecule has 0 radical (unpaired) electrons. The second-order valence-corrected chi connectivity index (χ2v) is 8.22. The average Bonchev–Trinajstić information content (AvgIpc) is 3.29. The zero-order chi connectivity index (χ0) is 27.1. The summed E-state index contributed by atoms with van der Waals surface area (Å²) in [6.45, 7) is -0.781. The van der Waals surface area contributed by atoms with E-state index in [4.69, 9.17) is 14.9 Å². The van der Waals surface area contributed by atoms with Crippen LogP contribution in [-0.2, 0) is 15.8 Å². The van der Waals surface area contributed by atoms with Crippen LogP contribution >= 0.6 is 0 Å². The third-order valence-corrected chi connectivity index (χ3v) is 5.68. The molecule has 1 fully saturated rings. The number of nitrogens with zero attached hydrogens (tertiary/aromatic N) is 4. The number of nitrogens with two attached hydrogens (primary N) is 1. The van der Waals surface area contributed by atoms with E-state index in [-0.39, 0.29) is 39.6 Å². The van der Waals surface area contributed by atoms with Crippen molar-refractivity contribution in [3.8, 4) is 17.2 Å². The van der Waals surface area contributed by atoms with Crippen molar-refractivity contribution in [1.29, 1.82) is 0 Å². The highest BCUT2D eigenvalue weighted by molar-refractivity contribution is 6.06. The standard InChI is InChI=1S/C23H21F4N5O5/c1-11(28)20-19(22(35)31-9-16(33)32(8-7-24)17(34)10-31)30-21(37-20)13-3-5-14(36-2)18-12(13)4-6-15(29-18)23(25,26)27/h3-6,11H,7-10,28H2,1-2H3/t11-/m0/s1. The maximum Gasteiger partial charge on any atom is 0.433 e. The van der Waals surface area contributed by atoms with E-state index in [0.29, 0.717) is 0 Å². The number of hydrogen-bond acceptors (Lipinski definition) is 8. The van der Waals surface area contributed by atoms with Gasteiger partial charge in [-0.15, -0.1) is 0 Å². The molecule has 0 aliphatic carbocycles. The molecule has 3 amide bonds. The topological polar surface area (TPSA) is 132 Å². The maximum absolute atomic E-state index is 13.2. The summed E-state index contributed by atoms with van der Waals surface area (Å²) in [7, 11) is 1.28. The van der Waals surface area contributed by atoms with Crippen molar-refractivity contribution in [1.82, 2.24) is 19.8 Å². The Balaban J connectivity index is 1.77. The molecule has 2 N–H and O–H groups in total. The van der Waals surface area contributed by atoms with Crippen LogP contribution in [0.3, 0.4) is 0 Å². The SMILES string of the molecule is COc1ccc(-c2nc(C(=O)N3CC(=O)N(CCF)C(=O)C3)c([C@H](C)N)o2)c2ccc(C(F)(F)F)nc12. The summed E-state index contributed by atoms with van der Waals surface area (Å²) < 4.78 is 63.3. The molecule has 3 heterocycles. The lowest BCUT2D eigenvalue weighted by atomic mass is 10.1. The summed E-state index contributed by atoms with van der Waals surface area (Å²) in [4.78, 5) is 47.4. The van der Waals surface area contributed by atoms with Crippen molar-refractivity contribution in [3.05, 3.63) is 41.4 Å². The van der Waals surface area contributed by atoms with Gasteiger partial charge in [0.2, 0.25) is 17.7 Å². The lowest BCUT2D eigenvalue weighted by molar-refractivity contribution is -0.150. The molecule has 10 nitrogen and oxygen atoms in total. The quantitative estimate of drug-likeness (QED) is 0.385. The molecule has 0 bridgehead atoms. The van der Waals surface area contributed by atoms with E-state index in [0.717, 1.165) is 15.9 Å². The number of piperazine rings is 1. The van der Waals surface area contributed by atoms with Gasteiger partial charge in [0.1, 0.15) is 36.7 Å². The van der Waals surface area contributed by atoms with Gasteiger partial charge in [-0.3, -0.25) is 19.3 Å². The van der Waals surface area contributed by atoms with Crippen LogP contribution in [0.15, 0.2) is 28.7 Å². The average molecular weight is 523 g/mol. The summed E-state index contributed by atoms with van der Waals surface area (Å²) in [5.74, 6) is -2.45. The largest absolute Gasteiger partial charge is 0.494 e. The lowest BCUT2D eigenvalue weighted by Gasteiger charge is -2.31. The van der Waals surface area contributed by atoms with Gasteiger partial charge in [-0.1, -0.05) is 0 Å². The summed E-state index contributed by atoms with van der Waals surface area (Å²) >= 11 is 0. The van der Waals surface area contributed by atoms with Gasteiger partial charge in [0.05, 0.1) is 19.7 Å². The van der Waals surface area contributed by atoms with Crippen molar-refractivity contribution in [2.75, 3.05) is 33.4 Å². The number of carbonyl (C=O) groups excluding carboxylic acids is 3. The van der Waals surface area contributed by atoms with E-state index in [9.17, 15) is 31.9 Å². The molecular formula is C23H21F4N5O5. The third-order valence-electron chi connectivity index (χ3n) is 5.68. The molecule has 0 saturated carbocycles. The highest BCUT2D eigenvalue weighted by Gasteiger charge is 2.37. The number of methoxy groups -OCH3 is 1. The van der Waals surface area contributed by atoms with Crippen LogP contribution < -0.4 is 10.5 Å². The van der Waals surface area contributed by atoms with Crippen molar-refractivity contribution in [3.63, 3.8) is 0 Å². The molecule has 2 aromatic heterocycles. The molecule has 1 atom stereocenters. The molecule has 3 aromatic rings. The van der Waals surface area contributed by atoms with Gasteiger partial charge in [-0.25, -0.2) is 14.4 Å². The van der Waals surface area contributed by atoms with E-state index >= 15 is 0 Å². The Morgan fingerprint density at radius 2 is 1.84 bits per heavy atom. The molecule has 0 unspecified atom stereocenters. The van der Waals surface area contributed by atoms with Gasteiger partial charge in [-0.05, 0) is 31.2 Å². The van der Waals surface area contributed by atoms with Crippen molar-refractivity contribution in [2.24, 2.45) is 5.73 Å². The van der Waals surface area contributed by atoms with E-state index in [1.54, 1.807) is 0 Å². The van der Waals surface area contributed by atoms with E-state index in [1.165, 1.54) is 32.2 Å². The number of benzene rings is 1. The number of aromatic nitrogens is 2. The van der Waals surface area contributed by atoms with Gasteiger partial charge in [0.15, 0.2) is 11.5 Å². The van der Waals surface area contributed by atoms with Gasteiger partial charge in [0, 0.05) is 10.9 Å². The highest BCUT2D eigenvalue weighted by atomic mass is 19.4. The van der Waals surface area contributed by atoms with Gasteiger partial charge in [0.25, 0.3) is 5.91 Å². The number of halogens is 4. The van der Waals surface area contributed by atoms with Gasteiger partial charge < -0.3 is 19.8 Å². The number of amides is 3. The monoisotopic (exact) mass is 523 g/mol. The Morgan fingerprint density at radius 3 is 2.41 bits per heavy atom. The van der Waals surface area contributed by atoms with Gasteiger partial charge in [-0.2, -0.15) is 13.2 Å². The van der Waals surface area contributed by atoms with Crippen LogP contribution in [0.1, 0.15) is 34.9 Å². The Morgan fingerprint density at radius 1 is 1.16 bits per heavy atom. The minimum absolute atomic E-state index is 0.0603. The summed E-state index contributed by atoms with van der Waals surface area (Å²) in [5, 5.41) is 0.203. The van der Waals surface area contributed by atoms with E-state index in [1.807, 2.05) is 0 Å². The number of rotatable bonds is 6. The second-order valence-electron chi connectivity index (χ2n) is 8.22. The lowest BCUT2D eigenvalue weighted by Crippen LogP contribution is -2.56. The number of oxazole rings is 1. The normalized spacial score (nSPS) is 15.4. The molecule has 4 rings (SSSR count). The van der Waals surface area contributed by atoms with E-state index < -0.39 is 61.9 Å². The van der Waals surface area contributed by atoms with Crippen molar-refractivity contribution in [2.45, 2.75) is 19.1 Å². The first-order valence-electron chi connectivity index (χ1n) is 11.0. The zero-order valence-corrected chi connectivity index (χ0v) is 19.6. The number of imide groups is 1. The maximum atomic E-state index is 13.2. The Bertz CT molecular complexity index is 1370. The molecule has 14 heteroatoms. The Hall–Kier alpha value is -4.07. The Kier molecular flexibility index (Phi) is 6.86. The molecule has 1 aromatic carbocycles. The van der Waals surface area contributed by atoms with Gasteiger partial charge >= 0.3 is 6.18 Å². The van der Waals surface area contributed by atoms with Crippen LogP contribution in [0.2, 0.25) is 0 Å². The molecule has 1 aliphatic rings. The first-order valence-corrected chi connectivity index (χ1v) is 11.0. The summed E-state index contributed by atoms with van der Waals surface area (Å²) in [6, 6.07) is 3.98. The fourth-order valence-corrected chi connectivity index (χ4v) is 3.93. The number of fused-ring (bicyclic) bond motifs is 1. The predicted octanol–water partition coefficient (Wildman–Crippen LogP) is 2.72. The van der Waals surface area contributed by atoms with E-state index in [2.05, 4.69) is 9.97 Å². The highest BCUT2D eigenvalue weighted by Crippen LogP contribution is 2.37.